The van der Waals surface area contributed by atoms with Gasteiger partial charge in [-0.15, -0.1) is 10.2 Å². The molecule has 0 aliphatic carbocycles. The number of sulfonamides is 1. The van der Waals surface area contributed by atoms with E-state index in [0.29, 0.717) is 16.9 Å². The molecule has 2 N–H and O–H groups in total. The van der Waals surface area contributed by atoms with Crippen molar-refractivity contribution in [3.05, 3.63) is 84.9 Å². The van der Waals surface area contributed by atoms with Crippen molar-refractivity contribution in [3.8, 4) is 11.5 Å². The summed E-state index contributed by atoms with van der Waals surface area (Å²) in [6, 6.07) is 23.8. The number of hydrogen-bond donors (Lipinski definition) is 2. The number of carbonyl (C=O) groups is 1. The predicted octanol–water partition coefficient (Wildman–Crippen LogP) is 4.27. The first-order valence-electron chi connectivity index (χ1n) is 9.49. The van der Waals surface area contributed by atoms with Gasteiger partial charge in [-0.05, 0) is 48.5 Å². The zero-order chi connectivity index (χ0) is 22.4. The number of anilines is 2. The van der Waals surface area contributed by atoms with Gasteiger partial charge >= 0.3 is 0 Å². The summed E-state index contributed by atoms with van der Waals surface area (Å²) in [7, 11) is -3.67. The minimum atomic E-state index is -3.67. The van der Waals surface area contributed by atoms with Crippen LogP contribution in [0.5, 0.6) is 0 Å². The van der Waals surface area contributed by atoms with Crippen LogP contribution in [0.3, 0.4) is 0 Å². The van der Waals surface area contributed by atoms with Gasteiger partial charge in [0, 0.05) is 16.9 Å². The zero-order valence-electron chi connectivity index (χ0n) is 16.6. The fraction of sp³-hybridized carbons (Fsp3) is 0.0455. The Balaban J connectivity index is 1.35. The number of nitrogens with one attached hydrogen (secondary N) is 2. The lowest BCUT2D eigenvalue weighted by atomic mass is 10.2. The minimum absolute atomic E-state index is 0.122. The van der Waals surface area contributed by atoms with Crippen LogP contribution in [0.1, 0.15) is 0 Å². The summed E-state index contributed by atoms with van der Waals surface area (Å²) < 4.78 is 33.0. The number of nitrogens with zero attached hydrogens (tertiary/aromatic N) is 2. The quantitative estimate of drug-likeness (QED) is 0.373. The molecule has 1 amide bonds. The standard InChI is InChI=1S/C22H18N4O4S2/c27-20(23-17-7-3-1-4-8-17)15-31-22-25-24-21(30-22)16-11-13-18(14-12-16)26-32(28,29)19-9-5-2-6-10-19/h1-14,26H,15H2,(H,23,27). The van der Waals surface area contributed by atoms with Gasteiger partial charge in [0.1, 0.15) is 0 Å². The van der Waals surface area contributed by atoms with E-state index in [1.807, 2.05) is 18.2 Å². The number of carbonyl (C=O) groups excluding carboxylic acids is 1. The summed E-state index contributed by atoms with van der Waals surface area (Å²) in [6.07, 6.45) is 0. The Morgan fingerprint density at radius 1 is 0.844 bits per heavy atom. The van der Waals surface area contributed by atoms with E-state index >= 15 is 0 Å². The molecule has 0 saturated heterocycles. The number of aromatic nitrogens is 2. The molecule has 8 nitrogen and oxygen atoms in total. The monoisotopic (exact) mass is 466 g/mol. The number of amides is 1. The summed E-state index contributed by atoms with van der Waals surface area (Å²) in [5, 5.41) is 11.0. The highest BCUT2D eigenvalue weighted by molar-refractivity contribution is 7.99. The Labute approximate surface area is 189 Å². The Bertz CT molecular complexity index is 1290. The van der Waals surface area contributed by atoms with E-state index < -0.39 is 10.0 Å². The summed E-state index contributed by atoms with van der Waals surface area (Å²) in [5.74, 6) is 0.209. The van der Waals surface area contributed by atoms with E-state index in [1.54, 1.807) is 54.6 Å². The van der Waals surface area contributed by atoms with Crippen molar-refractivity contribution in [2.24, 2.45) is 0 Å². The normalized spacial score (nSPS) is 11.1. The highest BCUT2D eigenvalue weighted by Gasteiger charge is 2.15. The molecule has 1 heterocycles. The van der Waals surface area contributed by atoms with Crippen molar-refractivity contribution >= 4 is 39.1 Å². The first-order valence-corrected chi connectivity index (χ1v) is 12.0. The number of thioether (sulfide) groups is 1. The number of para-hydroxylation sites is 1. The molecule has 1 aromatic heterocycles. The SMILES string of the molecule is O=C(CSc1nnc(-c2ccc(NS(=O)(=O)c3ccccc3)cc2)o1)Nc1ccccc1. The molecule has 0 spiro atoms. The third-order valence-corrected chi connectivity index (χ3v) is 6.44. The van der Waals surface area contributed by atoms with Crippen molar-refractivity contribution in [2.45, 2.75) is 10.1 Å². The van der Waals surface area contributed by atoms with Crippen molar-refractivity contribution in [1.29, 1.82) is 0 Å². The Hall–Kier alpha value is -3.63. The molecule has 0 aliphatic rings. The predicted molar refractivity (Wildman–Crippen MR) is 123 cm³/mol. The highest BCUT2D eigenvalue weighted by Crippen LogP contribution is 2.25. The third kappa shape index (κ3) is 5.54. The molecule has 4 rings (SSSR count). The van der Waals surface area contributed by atoms with Crippen molar-refractivity contribution in [3.63, 3.8) is 0 Å². The first-order chi connectivity index (χ1) is 15.5. The molecule has 4 aromatic rings. The van der Waals surface area contributed by atoms with Crippen LogP contribution < -0.4 is 10.0 Å². The Kier molecular flexibility index (Phi) is 6.52. The average Bonchev–Trinajstić information content (AvgIpc) is 3.28. The summed E-state index contributed by atoms with van der Waals surface area (Å²) >= 11 is 1.13. The van der Waals surface area contributed by atoms with E-state index in [4.69, 9.17) is 4.42 Å². The molecule has 0 fully saturated rings. The largest absolute Gasteiger partial charge is 0.411 e. The maximum atomic E-state index is 12.4. The van der Waals surface area contributed by atoms with Crippen LogP contribution in [0.25, 0.3) is 11.5 Å². The van der Waals surface area contributed by atoms with Gasteiger partial charge in [-0.1, -0.05) is 48.2 Å². The second-order valence-electron chi connectivity index (χ2n) is 6.57. The van der Waals surface area contributed by atoms with Crippen LogP contribution in [0.4, 0.5) is 11.4 Å². The molecule has 0 radical (unpaired) electrons. The van der Waals surface area contributed by atoms with Crippen LogP contribution in [-0.2, 0) is 14.8 Å². The van der Waals surface area contributed by atoms with Gasteiger partial charge in [-0.3, -0.25) is 9.52 Å². The fourth-order valence-electron chi connectivity index (χ4n) is 2.73. The Morgan fingerprint density at radius 2 is 1.50 bits per heavy atom. The van der Waals surface area contributed by atoms with Crippen molar-refractivity contribution < 1.29 is 17.6 Å². The lowest BCUT2D eigenvalue weighted by Gasteiger charge is -2.08. The maximum Gasteiger partial charge on any atom is 0.277 e. The minimum Gasteiger partial charge on any atom is -0.411 e. The smallest absolute Gasteiger partial charge is 0.277 e. The molecule has 10 heteroatoms. The number of benzene rings is 3. The molecule has 162 valence electrons. The molecular formula is C22H18N4O4S2. The molecular weight excluding hydrogens is 448 g/mol. The molecule has 0 unspecified atom stereocenters. The molecule has 32 heavy (non-hydrogen) atoms. The van der Waals surface area contributed by atoms with Gasteiger partial charge in [-0.2, -0.15) is 0 Å². The lowest BCUT2D eigenvalue weighted by molar-refractivity contribution is -0.113. The van der Waals surface area contributed by atoms with Crippen LogP contribution in [-0.4, -0.2) is 30.3 Å². The van der Waals surface area contributed by atoms with Gasteiger partial charge in [0.2, 0.25) is 11.8 Å². The van der Waals surface area contributed by atoms with E-state index in [9.17, 15) is 13.2 Å². The molecule has 0 aliphatic heterocycles. The molecule has 3 aromatic carbocycles. The fourth-order valence-corrected chi connectivity index (χ4v) is 4.37. The second-order valence-corrected chi connectivity index (χ2v) is 9.18. The lowest BCUT2D eigenvalue weighted by Crippen LogP contribution is -2.13. The highest BCUT2D eigenvalue weighted by atomic mass is 32.2. The summed E-state index contributed by atoms with van der Waals surface area (Å²) in [6.45, 7) is 0. The summed E-state index contributed by atoms with van der Waals surface area (Å²) in [5.41, 5.74) is 1.75. The van der Waals surface area contributed by atoms with E-state index in [-0.39, 0.29) is 27.7 Å². The van der Waals surface area contributed by atoms with E-state index in [2.05, 4.69) is 20.2 Å². The topological polar surface area (TPSA) is 114 Å². The van der Waals surface area contributed by atoms with E-state index in [0.717, 1.165) is 11.8 Å². The van der Waals surface area contributed by atoms with Crippen LogP contribution >= 0.6 is 11.8 Å². The molecule has 0 atom stereocenters. The molecule has 0 saturated carbocycles. The van der Waals surface area contributed by atoms with Gasteiger partial charge in [-0.25, -0.2) is 8.42 Å². The second kappa shape index (κ2) is 9.67. The van der Waals surface area contributed by atoms with Gasteiger partial charge in [0.15, 0.2) is 0 Å². The van der Waals surface area contributed by atoms with Crippen molar-refractivity contribution in [1.82, 2.24) is 10.2 Å². The molecule has 0 bridgehead atoms. The third-order valence-electron chi connectivity index (χ3n) is 4.23. The van der Waals surface area contributed by atoms with Gasteiger partial charge in [0.25, 0.3) is 15.2 Å². The number of hydrogen-bond acceptors (Lipinski definition) is 7. The maximum absolute atomic E-state index is 12.4. The first kappa shape index (κ1) is 21.6. The van der Waals surface area contributed by atoms with E-state index in [1.165, 1.54) is 12.1 Å². The Morgan fingerprint density at radius 3 is 2.19 bits per heavy atom. The zero-order valence-corrected chi connectivity index (χ0v) is 18.3. The van der Waals surface area contributed by atoms with Crippen LogP contribution in [0.2, 0.25) is 0 Å². The summed E-state index contributed by atoms with van der Waals surface area (Å²) in [4.78, 5) is 12.2. The van der Waals surface area contributed by atoms with Gasteiger partial charge < -0.3 is 9.73 Å². The van der Waals surface area contributed by atoms with Gasteiger partial charge in [0.05, 0.1) is 10.6 Å². The van der Waals surface area contributed by atoms with Crippen LogP contribution in [0.15, 0.2) is 99.5 Å². The van der Waals surface area contributed by atoms with Crippen LogP contribution in [0, 0.1) is 0 Å². The average molecular weight is 467 g/mol. The van der Waals surface area contributed by atoms with Crippen molar-refractivity contribution in [2.75, 3.05) is 15.8 Å². The number of rotatable bonds is 8.